The minimum Gasteiger partial charge on any atom is -0.504 e. The van der Waals surface area contributed by atoms with Gasteiger partial charge in [-0.2, -0.15) is 10.1 Å². The number of benzene rings is 1. The molecule has 28 heavy (non-hydrogen) atoms. The van der Waals surface area contributed by atoms with Gasteiger partial charge in [-0.15, -0.1) is 0 Å². The standard InChI is InChI=1S/C18H22N6O4/c1-5-9-24-13-15(22(2)18(27)23(3)16(13)26)20-17(24)21-19-10-11-7-6-8-12(28-4)14(11)25/h6-8,10,25H,5,9H2,1-4H3,(H,20,21)/b19-10+. The van der Waals surface area contributed by atoms with Crippen molar-refractivity contribution in [2.75, 3.05) is 12.5 Å². The number of para-hydroxylation sites is 1. The van der Waals surface area contributed by atoms with Crippen molar-refractivity contribution in [1.29, 1.82) is 0 Å². The molecule has 2 aromatic heterocycles. The lowest BCUT2D eigenvalue weighted by molar-refractivity contribution is 0.373. The molecule has 1 aromatic carbocycles. The molecule has 148 valence electrons. The summed E-state index contributed by atoms with van der Waals surface area (Å²) in [4.78, 5) is 29.1. The molecule has 0 unspecified atom stereocenters. The summed E-state index contributed by atoms with van der Waals surface area (Å²) >= 11 is 0. The molecular weight excluding hydrogens is 364 g/mol. The molecule has 3 rings (SSSR count). The number of hydrogen-bond acceptors (Lipinski definition) is 7. The number of phenolic OH excluding ortho intramolecular Hbond substituents is 1. The van der Waals surface area contributed by atoms with Crippen LogP contribution in [0, 0.1) is 0 Å². The van der Waals surface area contributed by atoms with Crippen LogP contribution in [0.25, 0.3) is 11.2 Å². The molecule has 0 aliphatic rings. The van der Waals surface area contributed by atoms with Crippen LogP contribution in [0.3, 0.4) is 0 Å². The summed E-state index contributed by atoms with van der Waals surface area (Å²) in [5.41, 5.74) is 3.00. The Kier molecular flexibility index (Phi) is 5.21. The number of anilines is 1. The van der Waals surface area contributed by atoms with Crippen LogP contribution in [-0.2, 0) is 20.6 Å². The van der Waals surface area contributed by atoms with Crippen LogP contribution in [0.5, 0.6) is 11.5 Å². The highest BCUT2D eigenvalue weighted by Crippen LogP contribution is 2.28. The first-order valence-electron chi connectivity index (χ1n) is 8.72. The largest absolute Gasteiger partial charge is 0.504 e. The van der Waals surface area contributed by atoms with E-state index in [1.807, 2.05) is 6.92 Å². The minimum atomic E-state index is -0.449. The van der Waals surface area contributed by atoms with Crippen molar-refractivity contribution in [3.8, 4) is 11.5 Å². The SMILES string of the molecule is CCCn1c(N/N=C/c2cccc(OC)c2O)nc2c1c(=O)n(C)c(=O)n2C. The van der Waals surface area contributed by atoms with Gasteiger partial charge in [-0.1, -0.05) is 13.0 Å². The molecule has 10 heteroatoms. The highest BCUT2D eigenvalue weighted by molar-refractivity contribution is 5.85. The number of hydrogen-bond donors (Lipinski definition) is 2. The van der Waals surface area contributed by atoms with E-state index in [0.717, 1.165) is 11.0 Å². The number of fused-ring (bicyclic) bond motifs is 1. The number of hydrazone groups is 1. The second-order valence-corrected chi connectivity index (χ2v) is 6.23. The van der Waals surface area contributed by atoms with Crippen molar-refractivity contribution in [3.05, 3.63) is 44.6 Å². The monoisotopic (exact) mass is 386 g/mol. The molecule has 0 amide bonds. The number of imidazole rings is 1. The van der Waals surface area contributed by atoms with Crippen molar-refractivity contribution < 1.29 is 9.84 Å². The normalized spacial score (nSPS) is 11.4. The predicted octanol–water partition coefficient (Wildman–Crippen LogP) is 1.00. The number of aromatic nitrogens is 4. The molecule has 2 heterocycles. The Bertz CT molecular complexity index is 1170. The van der Waals surface area contributed by atoms with E-state index >= 15 is 0 Å². The molecule has 10 nitrogen and oxygen atoms in total. The number of ether oxygens (including phenoxy) is 1. The molecule has 0 saturated carbocycles. The summed E-state index contributed by atoms with van der Waals surface area (Å²) < 4.78 is 9.14. The summed E-state index contributed by atoms with van der Waals surface area (Å²) in [7, 11) is 4.46. The van der Waals surface area contributed by atoms with Crippen molar-refractivity contribution in [1.82, 2.24) is 18.7 Å². The first-order valence-corrected chi connectivity index (χ1v) is 8.72. The van der Waals surface area contributed by atoms with Crippen LogP contribution in [-0.4, -0.2) is 37.1 Å². The zero-order chi connectivity index (χ0) is 20.4. The Hall–Kier alpha value is -3.56. The number of rotatable bonds is 6. The zero-order valence-electron chi connectivity index (χ0n) is 16.1. The van der Waals surface area contributed by atoms with Crippen LogP contribution >= 0.6 is 0 Å². The van der Waals surface area contributed by atoms with Crippen molar-refractivity contribution in [2.24, 2.45) is 19.2 Å². The lowest BCUT2D eigenvalue weighted by Gasteiger charge is -2.07. The molecule has 0 aliphatic heterocycles. The molecule has 0 fully saturated rings. The maximum Gasteiger partial charge on any atom is 0.332 e. The first-order chi connectivity index (χ1) is 13.4. The second-order valence-electron chi connectivity index (χ2n) is 6.23. The van der Waals surface area contributed by atoms with Gasteiger partial charge < -0.3 is 14.4 Å². The van der Waals surface area contributed by atoms with Gasteiger partial charge in [-0.05, 0) is 18.6 Å². The van der Waals surface area contributed by atoms with E-state index in [0.29, 0.717) is 29.3 Å². The van der Waals surface area contributed by atoms with Gasteiger partial charge in [0.15, 0.2) is 22.7 Å². The van der Waals surface area contributed by atoms with E-state index in [4.69, 9.17) is 4.74 Å². The minimum absolute atomic E-state index is 0.0334. The average molecular weight is 386 g/mol. The van der Waals surface area contributed by atoms with Gasteiger partial charge in [-0.3, -0.25) is 13.9 Å². The molecule has 0 atom stereocenters. The topological polar surface area (TPSA) is 116 Å². The summed E-state index contributed by atoms with van der Waals surface area (Å²) in [5.74, 6) is 0.628. The van der Waals surface area contributed by atoms with Gasteiger partial charge in [0, 0.05) is 26.2 Å². The van der Waals surface area contributed by atoms with E-state index < -0.39 is 11.2 Å². The summed E-state index contributed by atoms with van der Waals surface area (Å²) in [6, 6.07) is 5.04. The Labute approximate surface area is 160 Å². The maximum absolute atomic E-state index is 12.6. The third-order valence-electron chi connectivity index (χ3n) is 4.41. The molecule has 0 bridgehead atoms. The van der Waals surface area contributed by atoms with Gasteiger partial charge in [0.25, 0.3) is 5.56 Å². The van der Waals surface area contributed by atoms with Crippen molar-refractivity contribution >= 4 is 23.3 Å². The van der Waals surface area contributed by atoms with Gasteiger partial charge in [-0.25, -0.2) is 10.2 Å². The molecule has 3 aromatic rings. The van der Waals surface area contributed by atoms with E-state index in [1.54, 1.807) is 29.8 Å². The van der Waals surface area contributed by atoms with Crippen LogP contribution in [0.4, 0.5) is 5.95 Å². The smallest absolute Gasteiger partial charge is 0.332 e. The molecular formula is C18H22N6O4. The molecule has 0 saturated heterocycles. The summed E-state index contributed by atoms with van der Waals surface area (Å²) in [6.45, 7) is 2.49. The fourth-order valence-electron chi connectivity index (χ4n) is 2.94. The van der Waals surface area contributed by atoms with E-state index in [-0.39, 0.29) is 11.4 Å². The lowest BCUT2D eigenvalue weighted by atomic mass is 10.2. The van der Waals surface area contributed by atoms with Gasteiger partial charge in [0.1, 0.15) is 0 Å². The van der Waals surface area contributed by atoms with Gasteiger partial charge in [0.05, 0.1) is 13.3 Å². The number of phenols is 1. The molecule has 2 N–H and O–H groups in total. The molecule has 0 radical (unpaired) electrons. The number of methoxy groups -OCH3 is 1. The van der Waals surface area contributed by atoms with Crippen molar-refractivity contribution in [3.63, 3.8) is 0 Å². The zero-order valence-corrected chi connectivity index (χ0v) is 16.1. The number of nitrogens with zero attached hydrogens (tertiary/aromatic N) is 5. The number of aromatic hydroxyl groups is 1. The fourth-order valence-corrected chi connectivity index (χ4v) is 2.94. The predicted molar refractivity (Wildman–Crippen MR) is 106 cm³/mol. The first kappa shape index (κ1) is 19.2. The Balaban J connectivity index is 2.05. The number of aryl methyl sites for hydroxylation is 2. The summed E-state index contributed by atoms with van der Waals surface area (Å²) in [6.07, 6.45) is 2.18. The van der Waals surface area contributed by atoms with Gasteiger partial charge >= 0.3 is 5.69 Å². The quantitative estimate of drug-likeness (QED) is 0.482. The molecule has 0 spiro atoms. The summed E-state index contributed by atoms with van der Waals surface area (Å²) in [5, 5.41) is 14.2. The van der Waals surface area contributed by atoms with Crippen LogP contribution in [0.1, 0.15) is 18.9 Å². The highest BCUT2D eigenvalue weighted by atomic mass is 16.5. The van der Waals surface area contributed by atoms with Gasteiger partial charge in [0.2, 0.25) is 5.95 Å². The lowest BCUT2D eigenvalue weighted by Crippen LogP contribution is -2.37. The van der Waals surface area contributed by atoms with Crippen LogP contribution in [0.2, 0.25) is 0 Å². The van der Waals surface area contributed by atoms with E-state index in [2.05, 4.69) is 15.5 Å². The van der Waals surface area contributed by atoms with E-state index in [9.17, 15) is 14.7 Å². The maximum atomic E-state index is 12.6. The molecule has 0 aliphatic carbocycles. The average Bonchev–Trinajstić information content (AvgIpc) is 3.05. The third-order valence-corrected chi connectivity index (χ3v) is 4.41. The van der Waals surface area contributed by atoms with Crippen molar-refractivity contribution in [2.45, 2.75) is 19.9 Å². The third kappa shape index (κ3) is 3.13. The second kappa shape index (κ2) is 7.59. The Morgan fingerprint density at radius 3 is 2.71 bits per heavy atom. The van der Waals surface area contributed by atoms with Crippen LogP contribution < -0.4 is 21.4 Å². The Morgan fingerprint density at radius 1 is 1.29 bits per heavy atom. The highest BCUT2D eigenvalue weighted by Gasteiger charge is 2.18. The fraction of sp³-hybridized carbons (Fsp3) is 0.333. The van der Waals surface area contributed by atoms with E-state index in [1.165, 1.54) is 24.9 Å². The Morgan fingerprint density at radius 2 is 2.04 bits per heavy atom. The number of nitrogens with one attached hydrogen (secondary N) is 1. The van der Waals surface area contributed by atoms with Crippen LogP contribution in [0.15, 0.2) is 32.9 Å².